The largest absolute Gasteiger partial charge is 0.278 e. The van der Waals surface area contributed by atoms with Gasteiger partial charge in [0.05, 0.1) is 14.8 Å². The lowest BCUT2D eigenvalue weighted by Crippen LogP contribution is -2.12. The van der Waals surface area contributed by atoms with Gasteiger partial charge in [0.1, 0.15) is 0 Å². The molecule has 1 heterocycles. The van der Waals surface area contributed by atoms with E-state index in [0.717, 1.165) is 9.77 Å². The van der Waals surface area contributed by atoms with Crippen LogP contribution < -0.4 is 4.72 Å². The van der Waals surface area contributed by atoms with Gasteiger partial charge in [-0.25, -0.2) is 8.42 Å². The Bertz CT molecular complexity index is 647. The molecule has 0 unspecified atom stereocenters. The minimum Gasteiger partial charge on any atom is -0.278 e. The van der Waals surface area contributed by atoms with E-state index in [1.54, 1.807) is 24.3 Å². The third kappa shape index (κ3) is 2.88. The first-order chi connectivity index (χ1) is 8.53. The first-order valence-corrected chi connectivity index (χ1v) is 8.82. The van der Waals surface area contributed by atoms with Crippen molar-refractivity contribution in [1.29, 1.82) is 0 Å². The van der Waals surface area contributed by atoms with Gasteiger partial charge in [-0.3, -0.25) is 4.72 Å². The van der Waals surface area contributed by atoms with Crippen LogP contribution >= 0.6 is 23.1 Å². The molecule has 0 amide bonds. The lowest BCUT2D eigenvalue weighted by Gasteiger charge is -2.08. The standard InChI is InChI=1S/C12H13NO2S3/c1-9-4-3-5-10(8-9)18(14,15)13-11-6-7-17-12(11)16-2/h3-8,13H,1-2H3. The molecule has 2 aromatic rings. The third-order valence-electron chi connectivity index (χ3n) is 2.36. The first-order valence-electron chi connectivity index (χ1n) is 5.24. The summed E-state index contributed by atoms with van der Waals surface area (Å²) >= 11 is 3.06. The number of anilines is 1. The van der Waals surface area contributed by atoms with Gasteiger partial charge in [0, 0.05) is 0 Å². The maximum absolute atomic E-state index is 12.2. The van der Waals surface area contributed by atoms with Gasteiger partial charge < -0.3 is 0 Å². The highest BCUT2D eigenvalue weighted by Crippen LogP contribution is 2.32. The van der Waals surface area contributed by atoms with Gasteiger partial charge in [0.25, 0.3) is 10.0 Å². The van der Waals surface area contributed by atoms with E-state index < -0.39 is 10.0 Å². The van der Waals surface area contributed by atoms with Gasteiger partial charge in [-0.2, -0.15) is 0 Å². The fourth-order valence-corrected chi connectivity index (χ4v) is 4.29. The molecule has 2 rings (SSSR count). The summed E-state index contributed by atoms with van der Waals surface area (Å²) in [6, 6.07) is 8.65. The van der Waals surface area contributed by atoms with Crippen molar-refractivity contribution >= 4 is 38.8 Å². The molecule has 0 aliphatic rings. The SMILES string of the molecule is CSc1sccc1NS(=O)(=O)c1cccc(C)c1. The van der Waals surface area contributed by atoms with Gasteiger partial charge in [0.15, 0.2) is 0 Å². The van der Waals surface area contributed by atoms with Crippen LogP contribution in [0.5, 0.6) is 0 Å². The predicted octanol–water partition coefficient (Wildman–Crippen LogP) is 3.58. The van der Waals surface area contributed by atoms with Crippen LogP contribution in [-0.2, 0) is 10.0 Å². The minimum atomic E-state index is -3.49. The summed E-state index contributed by atoms with van der Waals surface area (Å²) in [6.45, 7) is 1.87. The van der Waals surface area contributed by atoms with E-state index in [1.807, 2.05) is 24.6 Å². The summed E-state index contributed by atoms with van der Waals surface area (Å²) in [4.78, 5) is 0.292. The highest BCUT2D eigenvalue weighted by molar-refractivity contribution is 8.00. The third-order valence-corrected chi connectivity index (χ3v) is 5.81. The lowest BCUT2D eigenvalue weighted by atomic mass is 10.2. The van der Waals surface area contributed by atoms with Crippen molar-refractivity contribution in [3.63, 3.8) is 0 Å². The summed E-state index contributed by atoms with van der Waals surface area (Å²) in [7, 11) is -3.49. The molecule has 1 N–H and O–H groups in total. The quantitative estimate of drug-likeness (QED) is 0.878. The number of hydrogen-bond acceptors (Lipinski definition) is 4. The topological polar surface area (TPSA) is 46.2 Å². The highest BCUT2D eigenvalue weighted by Gasteiger charge is 2.16. The van der Waals surface area contributed by atoms with Gasteiger partial charge in [0.2, 0.25) is 0 Å². The minimum absolute atomic E-state index is 0.292. The van der Waals surface area contributed by atoms with E-state index in [4.69, 9.17) is 0 Å². The van der Waals surface area contributed by atoms with Crippen LogP contribution in [0.1, 0.15) is 5.56 Å². The van der Waals surface area contributed by atoms with E-state index in [2.05, 4.69) is 4.72 Å². The first kappa shape index (κ1) is 13.5. The van der Waals surface area contributed by atoms with Gasteiger partial charge in [-0.05, 0) is 42.3 Å². The summed E-state index contributed by atoms with van der Waals surface area (Å²) in [5.41, 5.74) is 1.57. The molecule has 0 aliphatic carbocycles. The van der Waals surface area contributed by atoms with Crippen LogP contribution in [0.25, 0.3) is 0 Å². The molecule has 96 valence electrons. The Labute approximate surface area is 115 Å². The molecule has 0 spiro atoms. The van der Waals surface area contributed by atoms with E-state index in [-0.39, 0.29) is 0 Å². The number of thiophene rings is 1. The van der Waals surface area contributed by atoms with Crippen molar-refractivity contribution in [2.75, 3.05) is 11.0 Å². The van der Waals surface area contributed by atoms with Crippen LogP contribution in [0.4, 0.5) is 5.69 Å². The Morgan fingerprint density at radius 1 is 1.28 bits per heavy atom. The summed E-state index contributed by atoms with van der Waals surface area (Å²) < 4.78 is 28.0. The second kappa shape index (κ2) is 5.34. The molecule has 0 fully saturated rings. The smallest absolute Gasteiger partial charge is 0.261 e. The molecule has 0 saturated heterocycles. The van der Waals surface area contributed by atoms with Gasteiger partial charge in [-0.15, -0.1) is 23.1 Å². The highest BCUT2D eigenvalue weighted by atomic mass is 32.2. The normalized spacial score (nSPS) is 11.4. The number of benzene rings is 1. The Balaban J connectivity index is 2.33. The fourth-order valence-electron chi connectivity index (χ4n) is 1.52. The van der Waals surface area contributed by atoms with Crippen molar-refractivity contribution in [1.82, 2.24) is 0 Å². The monoisotopic (exact) mass is 299 g/mol. The van der Waals surface area contributed by atoms with E-state index in [1.165, 1.54) is 23.1 Å². The van der Waals surface area contributed by atoms with Gasteiger partial charge in [-0.1, -0.05) is 12.1 Å². The average Bonchev–Trinajstić information content (AvgIpc) is 2.75. The van der Waals surface area contributed by atoms with Crippen LogP contribution in [0.15, 0.2) is 44.8 Å². The molecule has 0 atom stereocenters. The molecule has 6 heteroatoms. The van der Waals surface area contributed by atoms with E-state index in [9.17, 15) is 8.42 Å². The zero-order valence-corrected chi connectivity index (χ0v) is 12.5. The lowest BCUT2D eigenvalue weighted by molar-refractivity contribution is 0.601. The molecule has 3 nitrogen and oxygen atoms in total. The fraction of sp³-hybridized carbons (Fsp3) is 0.167. The Morgan fingerprint density at radius 2 is 2.06 bits per heavy atom. The Hall–Kier alpha value is -0.980. The zero-order valence-electron chi connectivity index (χ0n) is 10.0. The Kier molecular flexibility index (Phi) is 3.99. The molecular weight excluding hydrogens is 286 g/mol. The van der Waals surface area contributed by atoms with Crippen molar-refractivity contribution in [3.8, 4) is 0 Å². The van der Waals surface area contributed by atoms with Crippen LogP contribution in [0, 0.1) is 6.92 Å². The molecule has 1 aromatic carbocycles. The maximum atomic E-state index is 12.2. The number of thioether (sulfide) groups is 1. The van der Waals surface area contributed by atoms with Crippen molar-refractivity contribution in [2.24, 2.45) is 0 Å². The molecule has 0 aliphatic heterocycles. The zero-order chi connectivity index (χ0) is 13.2. The van der Waals surface area contributed by atoms with E-state index in [0.29, 0.717) is 10.6 Å². The number of hydrogen-bond donors (Lipinski definition) is 1. The predicted molar refractivity (Wildman–Crippen MR) is 78.1 cm³/mol. The molecule has 18 heavy (non-hydrogen) atoms. The number of aryl methyl sites for hydroxylation is 1. The molecule has 0 bridgehead atoms. The molecule has 0 radical (unpaired) electrons. The number of sulfonamides is 1. The molecular formula is C12H13NO2S3. The van der Waals surface area contributed by atoms with Crippen LogP contribution in [-0.4, -0.2) is 14.7 Å². The molecule has 1 aromatic heterocycles. The van der Waals surface area contributed by atoms with Crippen molar-refractivity contribution in [2.45, 2.75) is 16.0 Å². The summed E-state index contributed by atoms with van der Waals surface area (Å²) in [6.07, 6.45) is 1.93. The van der Waals surface area contributed by atoms with Crippen molar-refractivity contribution < 1.29 is 8.42 Å². The molecule has 0 saturated carbocycles. The van der Waals surface area contributed by atoms with Crippen LogP contribution in [0.2, 0.25) is 0 Å². The number of nitrogens with one attached hydrogen (secondary N) is 1. The van der Waals surface area contributed by atoms with E-state index >= 15 is 0 Å². The summed E-state index contributed by atoms with van der Waals surface area (Å²) in [5.74, 6) is 0. The Morgan fingerprint density at radius 3 is 2.72 bits per heavy atom. The van der Waals surface area contributed by atoms with Crippen LogP contribution in [0.3, 0.4) is 0 Å². The number of rotatable bonds is 4. The second-order valence-corrected chi connectivity index (χ2v) is 7.42. The summed E-state index contributed by atoms with van der Waals surface area (Å²) in [5, 5.41) is 1.87. The van der Waals surface area contributed by atoms with Crippen molar-refractivity contribution in [3.05, 3.63) is 41.3 Å². The van der Waals surface area contributed by atoms with Gasteiger partial charge >= 0.3 is 0 Å². The second-order valence-electron chi connectivity index (χ2n) is 3.75. The maximum Gasteiger partial charge on any atom is 0.261 e. The average molecular weight is 299 g/mol.